The van der Waals surface area contributed by atoms with E-state index >= 15 is 0 Å². The highest BCUT2D eigenvalue weighted by Gasteiger charge is 2.30. The van der Waals surface area contributed by atoms with Crippen molar-refractivity contribution in [2.24, 2.45) is 0 Å². The lowest BCUT2D eigenvalue weighted by molar-refractivity contribution is -0.153. The molecule has 6 heteroatoms. The van der Waals surface area contributed by atoms with Crippen LogP contribution in [0.2, 0.25) is 0 Å². The molecule has 1 amide bonds. The van der Waals surface area contributed by atoms with Crippen LogP contribution in [-0.2, 0) is 19.0 Å². The van der Waals surface area contributed by atoms with Crippen LogP contribution < -0.4 is 5.32 Å². The summed E-state index contributed by atoms with van der Waals surface area (Å²) in [6.45, 7) is 6.02. The molecule has 116 valence electrons. The predicted molar refractivity (Wildman–Crippen MR) is 73.4 cm³/mol. The number of hydrogen-bond donors (Lipinski definition) is 1. The van der Waals surface area contributed by atoms with Crippen LogP contribution in [0, 0.1) is 0 Å². The molecular formula is C14H25NO5. The molecule has 20 heavy (non-hydrogen) atoms. The number of ether oxygens (including phenoxy) is 3. The Labute approximate surface area is 120 Å². The zero-order valence-electron chi connectivity index (χ0n) is 12.7. The summed E-state index contributed by atoms with van der Waals surface area (Å²) >= 11 is 0. The third-order valence-corrected chi connectivity index (χ3v) is 2.94. The van der Waals surface area contributed by atoms with Gasteiger partial charge in [-0.2, -0.15) is 0 Å². The predicted octanol–water partition coefficient (Wildman–Crippen LogP) is 2.01. The van der Waals surface area contributed by atoms with E-state index in [2.05, 4.69) is 10.1 Å². The van der Waals surface area contributed by atoms with Crippen molar-refractivity contribution in [1.82, 2.24) is 5.32 Å². The third kappa shape index (κ3) is 6.23. The largest absolute Gasteiger partial charge is 0.467 e. The average molecular weight is 287 g/mol. The summed E-state index contributed by atoms with van der Waals surface area (Å²) in [5.74, 6) is -0.306. The van der Waals surface area contributed by atoms with Gasteiger partial charge in [0.2, 0.25) is 0 Å². The van der Waals surface area contributed by atoms with Gasteiger partial charge in [-0.25, -0.2) is 9.59 Å². The molecule has 0 bridgehead atoms. The highest BCUT2D eigenvalue weighted by atomic mass is 16.6. The van der Waals surface area contributed by atoms with E-state index in [-0.39, 0.29) is 12.1 Å². The molecule has 0 saturated carbocycles. The molecule has 2 atom stereocenters. The molecule has 1 heterocycles. The fraction of sp³-hybridized carbons (Fsp3) is 0.857. The standard InChI is InChI=1S/C14H25NO5/c1-14(2,3)20-13(17)15-9-5-6-10-7-8-11(19-10)12(16)18-4/h10-11H,5-9H2,1-4H3,(H,15,17). The molecule has 1 saturated heterocycles. The Morgan fingerprint density at radius 1 is 1.30 bits per heavy atom. The first kappa shape index (κ1) is 16.8. The SMILES string of the molecule is COC(=O)C1CCC(CCCNC(=O)OC(C)(C)C)O1. The van der Waals surface area contributed by atoms with Gasteiger partial charge in [0.15, 0.2) is 6.10 Å². The van der Waals surface area contributed by atoms with E-state index < -0.39 is 17.8 Å². The van der Waals surface area contributed by atoms with Crippen LogP contribution in [0.3, 0.4) is 0 Å². The minimum absolute atomic E-state index is 0.0690. The lowest BCUT2D eigenvalue weighted by Crippen LogP contribution is -2.33. The van der Waals surface area contributed by atoms with Gasteiger partial charge in [0.25, 0.3) is 0 Å². The maximum atomic E-state index is 11.4. The second kappa shape index (κ2) is 7.47. The second-order valence-corrected chi connectivity index (χ2v) is 5.92. The molecule has 6 nitrogen and oxygen atoms in total. The third-order valence-electron chi connectivity index (χ3n) is 2.94. The minimum atomic E-state index is -0.480. The van der Waals surface area contributed by atoms with Crippen molar-refractivity contribution in [3.63, 3.8) is 0 Å². The van der Waals surface area contributed by atoms with E-state index in [0.29, 0.717) is 13.0 Å². The zero-order chi connectivity index (χ0) is 15.2. The number of methoxy groups -OCH3 is 1. The van der Waals surface area contributed by atoms with Crippen molar-refractivity contribution in [1.29, 1.82) is 0 Å². The summed E-state index contributed by atoms with van der Waals surface area (Å²) < 4.78 is 15.4. The summed E-state index contributed by atoms with van der Waals surface area (Å²) in [5, 5.41) is 2.70. The van der Waals surface area contributed by atoms with Crippen molar-refractivity contribution < 1.29 is 23.8 Å². The van der Waals surface area contributed by atoms with Crippen LogP contribution in [0.4, 0.5) is 4.79 Å². The molecule has 0 aromatic carbocycles. The maximum Gasteiger partial charge on any atom is 0.407 e. The Bertz CT molecular complexity index is 337. The fourth-order valence-corrected chi connectivity index (χ4v) is 2.06. The van der Waals surface area contributed by atoms with Gasteiger partial charge in [-0.15, -0.1) is 0 Å². The lowest BCUT2D eigenvalue weighted by Gasteiger charge is -2.19. The first-order chi connectivity index (χ1) is 9.31. The van der Waals surface area contributed by atoms with Crippen LogP contribution in [0.15, 0.2) is 0 Å². The van der Waals surface area contributed by atoms with Gasteiger partial charge < -0.3 is 19.5 Å². The van der Waals surface area contributed by atoms with E-state index in [0.717, 1.165) is 19.3 Å². The molecule has 0 aliphatic carbocycles. The molecule has 1 N–H and O–H groups in total. The zero-order valence-corrected chi connectivity index (χ0v) is 12.7. The summed E-state index contributed by atoms with van der Waals surface area (Å²) in [6.07, 6.45) is 2.39. The van der Waals surface area contributed by atoms with Gasteiger partial charge in [-0.1, -0.05) is 0 Å². The number of esters is 1. The quantitative estimate of drug-likeness (QED) is 0.618. The Kier molecular flexibility index (Phi) is 6.26. The summed E-state index contributed by atoms with van der Waals surface area (Å²) in [6, 6.07) is 0. The fourth-order valence-electron chi connectivity index (χ4n) is 2.06. The molecule has 1 aliphatic rings. The maximum absolute atomic E-state index is 11.4. The Balaban J connectivity index is 2.11. The molecule has 1 fully saturated rings. The molecule has 0 aromatic rings. The van der Waals surface area contributed by atoms with Gasteiger partial charge in [0.1, 0.15) is 5.60 Å². The monoisotopic (exact) mass is 287 g/mol. The number of amides is 1. The van der Waals surface area contributed by atoms with E-state index in [9.17, 15) is 9.59 Å². The van der Waals surface area contributed by atoms with Gasteiger partial charge in [0.05, 0.1) is 13.2 Å². The number of alkyl carbamates (subject to hydrolysis) is 1. The van der Waals surface area contributed by atoms with Crippen molar-refractivity contribution in [3.8, 4) is 0 Å². The van der Waals surface area contributed by atoms with E-state index in [1.807, 2.05) is 20.8 Å². The normalized spacial score (nSPS) is 22.4. The molecule has 0 spiro atoms. The first-order valence-electron chi connectivity index (χ1n) is 7.02. The number of carbonyl (C=O) groups excluding carboxylic acids is 2. The van der Waals surface area contributed by atoms with Gasteiger partial charge >= 0.3 is 12.1 Å². The molecule has 2 unspecified atom stereocenters. The lowest BCUT2D eigenvalue weighted by atomic mass is 10.1. The molecule has 1 rings (SSSR count). The second-order valence-electron chi connectivity index (χ2n) is 5.92. The van der Waals surface area contributed by atoms with Crippen molar-refractivity contribution >= 4 is 12.1 Å². The Hall–Kier alpha value is -1.30. The number of nitrogens with one attached hydrogen (secondary N) is 1. The average Bonchev–Trinajstić information content (AvgIpc) is 2.80. The molecule has 0 radical (unpaired) electrons. The first-order valence-corrected chi connectivity index (χ1v) is 7.02. The highest BCUT2D eigenvalue weighted by molar-refractivity contribution is 5.74. The van der Waals surface area contributed by atoms with Gasteiger partial charge in [0, 0.05) is 6.54 Å². The Morgan fingerprint density at radius 3 is 2.60 bits per heavy atom. The topological polar surface area (TPSA) is 73.9 Å². The minimum Gasteiger partial charge on any atom is -0.467 e. The molecule has 0 aromatic heterocycles. The number of hydrogen-bond acceptors (Lipinski definition) is 5. The van der Waals surface area contributed by atoms with Crippen LogP contribution in [0.25, 0.3) is 0 Å². The summed E-state index contributed by atoms with van der Waals surface area (Å²) in [4.78, 5) is 22.7. The van der Waals surface area contributed by atoms with E-state index in [4.69, 9.17) is 9.47 Å². The van der Waals surface area contributed by atoms with Crippen molar-refractivity contribution in [2.75, 3.05) is 13.7 Å². The van der Waals surface area contributed by atoms with Gasteiger partial charge in [-0.3, -0.25) is 0 Å². The van der Waals surface area contributed by atoms with Gasteiger partial charge in [-0.05, 0) is 46.5 Å². The van der Waals surface area contributed by atoms with Crippen molar-refractivity contribution in [2.45, 2.75) is 64.3 Å². The van der Waals surface area contributed by atoms with Crippen LogP contribution in [0.1, 0.15) is 46.5 Å². The summed E-state index contributed by atoms with van der Waals surface area (Å²) in [5.41, 5.74) is -0.480. The Morgan fingerprint density at radius 2 is 2.00 bits per heavy atom. The summed E-state index contributed by atoms with van der Waals surface area (Å²) in [7, 11) is 1.36. The van der Waals surface area contributed by atoms with Crippen LogP contribution >= 0.6 is 0 Å². The number of rotatable bonds is 5. The number of carbonyl (C=O) groups is 2. The van der Waals surface area contributed by atoms with Crippen LogP contribution in [0.5, 0.6) is 0 Å². The molecular weight excluding hydrogens is 262 g/mol. The van der Waals surface area contributed by atoms with E-state index in [1.54, 1.807) is 0 Å². The van der Waals surface area contributed by atoms with Crippen molar-refractivity contribution in [3.05, 3.63) is 0 Å². The highest BCUT2D eigenvalue weighted by Crippen LogP contribution is 2.23. The smallest absolute Gasteiger partial charge is 0.407 e. The van der Waals surface area contributed by atoms with E-state index in [1.165, 1.54) is 7.11 Å². The molecule has 1 aliphatic heterocycles. The van der Waals surface area contributed by atoms with Crippen LogP contribution in [-0.4, -0.2) is 43.5 Å².